The SMILES string of the molecule is CC(C)CC(=O)N(CC(=O)O)C1CC1. The topological polar surface area (TPSA) is 57.6 Å². The van der Waals surface area contributed by atoms with Crippen molar-refractivity contribution in [3.63, 3.8) is 0 Å². The van der Waals surface area contributed by atoms with Crippen molar-refractivity contribution >= 4 is 11.9 Å². The van der Waals surface area contributed by atoms with Crippen molar-refractivity contribution in [2.75, 3.05) is 6.54 Å². The molecule has 0 aromatic carbocycles. The van der Waals surface area contributed by atoms with Crippen LogP contribution in [0.25, 0.3) is 0 Å². The fraction of sp³-hybridized carbons (Fsp3) is 0.800. The van der Waals surface area contributed by atoms with Crippen LogP contribution >= 0.6 is 0 Å². The maximum absolute atomic E-state index is 11.6. The van der Waals surface area contributed by atoms with E-state index in [2.05, 4.69) is 0 Å². The van der Waals surface area contributed by atoms with Crippen LogP contribution in [0.15, 0.2) is 0 Å². The van der Waals surface area contributed by atoms with E-state index in [-0.39, 0.29) is 24.4 Å². The molecule has 0 unspecified atom stereocenters. The van der Waals surface area contributed by atoms with Crippen LogP contribution in [0.2, 0.25) is 0 Å². The van der Waals surface area contributed by atoms with Crippen molar-refractivity contribution in [1.82, 2.24) is 4.90 Å². The Bertz CT molecular complexity index is 234. The highest BCUT2D eigenvalue weighted by atomic mass is 16.4. The molecule has 80 valence electrons. The third-order valence-corrected chi connectivity index (χ3v) is 2.20. The second-order valence-electron chi connectivity index (χ2n) is 4.24. The van der Waals surface area contributed by atoms with Gasteiger partial charge in [0, 0.05) is 12.5 Å². The zero-order valence-corrected chi connectivity index (χ0v) is 8.69. The Labute approximate surface area is 83.9 Å². The molecule has 1 saturated carbocycles. The predicted octanol–water partition coefficient (Wildman–Crippen LogP) is 1.11. The van der Waals surface area contributed by atoms with Crippen LogP contribution in [0, 0.1) is 5.92 Å². The summed E-state index contributed by atoms with van der Waals surface area (Å²) in [5, 5.41) is 8.65. The molecular weight excluding hydrogens is 182 g/mol. The van der Waals surface area contributed by atoms with E-state index in [1.807, 2.05) is 13.8 Å². The van der Waals surface area contributed by atoms with Gasteiger partial charge in [-0.1, -0.05) is 13.8 Å². The van der Waals surface area contributed by atoms with Gasteiger partial charge in [0.2, 0.25) is 5.91 Å². The second kappa shape index (κ2) is 4.44. The van der Waals surface area contributed by atoms with Crippen LogP contribution in [0.4, 0.5) is 0 Å². The highest BCUT2D eigenvalue weighted by Gasteiger charge is 2.33. The van der Waals surface area contributed by atoms with Gasteiger partial charge in [-0.25, -0.2) is 0 Å². The monoisotopic (exact) mass is 199 g/mol. The standard InChI is InChI=1S/C10H17NO3/c1-7(2)5-9(12)11(6-10(13)14)8-3-4-8/h7-8H,3-6H2,1-2H3,(H,13,14). The first-order valence-electron chi connectivity index (χ1n) is 5.02. The van der Waals surface area contributed by atoms with E-state index in [1.54, 1.807) is 0 Å². The van der Waals surface area contributed by atoms with Crippen molar-refractivity contribution in [3.05, 3.63) is 0 Å². The van der Waals surface area contributed by atoms with Crippen LogP contribution in [0.1, 0.15) is 33.1 Å². The van der Waals surface area contributed by atoms with Gasteiger partial charge in [0.1, 0.15) is 6.54 Å². The molecule has 1 aliphatic carbocycles. The zero-order chi connectivity index (χ0) is 10.7. The second-order valence-corrected chi connectivity index (χ2v) is 4.24. The molecule has 4 heteroatoms. The Morgan fingerprint density at radius 3 is 2.36 bits per heavy atom. The first-order valence-corrected chi connectivity index (χ1v) is 5.02. The number of carboxylic acids is 1. The molecule has 1 aliphatic rings. The van der Waals surface area contributed by atoms with Gasteiger partial charge < -0.3 is 10.0 Å². The lowest BCUT2D eigenvalue weighted by atomic mass is 10.1. The summed E-state index contributed by atoms with van der Waals surface area (Å²) in [6, 6.07) is 0.192. The fourth-order valence-corrected chi connectivity index (χ4v) is 1.42. The molecule has 0 bridgehead atoms. The number of carboxylic acid groups (broad SMARTS) is 1. The Balaban J connectivity index is 2.48. The molecule has 0 radical (unpaired) electrons. The number of aliphatic carboxylic acids is 1. The average Bonchev–Trinajstić information content (AvgIpc) is 2.80. The maximum atomic E-state index is 11.6. The zero-order valence-electron chi connectivity index (χ0n) is 8.69. The largest absolute Gasteiger partial charge is 0.480 e. The highest BCUT2D eigenvalue weighted by Crippen LogP contribution is 2.27. The number of rotatable bonds is 5. The van der Waals surface area contributed by atoms with Crippen molar-refractivity contribution in [2.24, 2.45) is 5.92 Å². The molecular formula is C10H17NO3. The predicted molar refractivity (Wildman–Crippen MR) is 51.8 cm³/mol. The Morgan fingerprint density at radius 1 is 1.43 bits per heavy atom. The minimum absolute atomic E-state index is 0.0232. The van der Waals surface area contributed by atoms with E-state index in [0.717, 1.165) is 12.8 Å². The molecule has 0 aromatic rings. The number of amides is 1. The van der Waals surface area contributed by atoms with E-state index in [1.165, 1.54) is 4.90 Å². The summed E-state index contributed by atoms with van der Waals surface area (Å²) in [4.78, 5) is 23.7. The molecule has 14 heavy (non-hydrogen) atoms. The van der Waals surface area contributed by atoms with Gasteiger partial charge >= 0.3 is 5.97 Å². The summed E-state index contributed by atoms with van der Waals surface area (Å²) in [7, 11) is 0. The lowest BCUT2D eigenvalue weighted by molar-refractivity contribution is -0.145. The molecule has 0 spiro atoms. The van der Waals surface area contributed by atoms with Gasteiger partial charge in [0.25, 0.3) is 0 Å². The van der Waals surface area contributed by atoms with Gasteiger partial charge in [-0.05, 0) is 18.8 Å². The summed E-state index contributed by atoms with van der Waals surface area (Å²) >= 11 is 0. The summed E-state index contributed by atoms with van der Waals surface area (Å²) in [5.74, 6) is -0.656. The van der Waals surface area contributed by atoms with Crippen LogP contribution in [-0.4, -0.2) is 34.5 Å². The van der Waals surface area contributed by atoms with E-state index in [9.17, 15) is 9.59 Å². The van der Waals surface area contributed by atoms with Crippen molar-refractivity contribution in [2.45, 2.75) is 39.2 Å². The Morgan fingerprint density at radius 2 is 2.00 bits per heavy atom. The molecule has 4 nitrogen and oxygen atoms in total. The van der Waals surface area contributed by atoms with E-state index in [0.29, 0.717) is 6.42 Å². The van der Waals surface area contributed by atoms with Gasteiger partial charge in [-0.2, -0.15) is 0 Å². The first-order chi connectivity index (χ1) is 6.50. The smallest absolute Gasteiger partial charge is 0.323 e. The Hall–Kier alpha value is -1.06. The lowest BCUT2D eigenvalue weighted by Crippen LogP contribution is -2.37. The quantitative estimate of drug-likeness (QED) is 0.721. The molecule has 0 atom stereocenters. The molecule has 1 rings (SSSR count). The molecule has 0 saturated heterocycles. The number of nitrogens with zero attached hydrogens (tertiary/aromatic N) is 1. The third-order valence-electron chi connectivity index (χ3n) is 2.20. The van der Waals surface area contributed by atoms with Crippen molar-refractivity contribution in [3.8, 4) is 0 Å². The van der Waals surface area contributed by atoms with Crippen molar-refractivity contribution < 1.29 is 14.7 Å². The molecule has 0 aromatic heterocycles. The third kappa shape index (κ3) is 3.36. The van der Waals surface area contributed by atoms with Gasteiger partial charge in [-0.15, -0.1) is 0 Å². The number of hydrogen-bond donors (Lipinski definition) is 1. The fourth-order valence-electron chi connectivity index (χ4n) is 1.42. The maximum Gasteiger partial charge on any atom is 0.323 e. The van der Waals surface area contributed by atoms with Gasteiger partial charge in [-0.3, -0.25) is 9.59 Å². The summed E-state index contributed by atoms with van der Waals surface area (Å²) in [5.41, 5.74) is 0. The summed E-state index contributed by atoms with van der Waals surface area (Å²) < 4.78 is 0. The minimum Gasteiger partial charge on any atom is -0.480 e. The number of hydrogen-bond acceptors (Lipinski definition) is 2. The summed E-state index contributed by atoms with van der Waals surface area (Å²) in [6.45, 7) is 3.78. The molecule has 1 amide bonds. The van der Waals surface area contributed by atoms with E-state index < -0.39 is 5.97 Å². The van der Waals surface area contributed by atoms with Crippen LogP contribution in [-0.2, 0) is 9.59 Å². The summed E-state index contributed by atoms with van der Waals surface area (Å²) in [6.07, 6.45) is 2.36. The normalized spacial score (nSPS) is 15.6. The van der Waals surface area contributed by atoms with E-state index in [4.69, 9.17) is 5.11 Å². The van der Waals surface area contributed by atoms with Crippen LogP contribution < -0.4 is 0 Å². The highest BCUT2D eigenvalue weighted by molar-refractivity contribution is 5.82. The number of carbonyl (C=O) groups is 2. The van der Waals surface area contributed by atoms with Crippen LogP contribution in [0.3, 0.4) is 0 Å². The first kappa shape index (κ1) is 11.0. The van der Waals surface area contributed by atoms with Gasteiger partial charge in [0.15, 0.2) is 0 Å². The number of carbonyl (C=O) groups excluding carboxylic acids is 1. The average molecular weight is 199 g/mol. The lowest BCUT2D eigenvalue weighted by Gasteiger charge is -2.21. The van der Waals surface area contributed by atoms with Crippen molar-refractivity contribution in [1.29, 1.82) is 0 Å². The van der Waals surface area contributed by atoms with Crippen LogP contribution in [0.5, 0.6) is 0 Å². The van der Waals surface area contributed by atoms with E-state index >= 15 is 0 Å². The molecule has 0 aliphatic heterocycles. The molecule has 0 heterocycles. The molecule has 1 N–H and O–H groups in total. The minimum atomic E-state index is -0.922. The Kier molecular flexibility index (Phi) is 3.49. The molecule has 1 fully saturated rings. The van der Waals surface area contributed by atoms with Gasteiger partial charge in [0.05, 0.1) is 0 Å².